The monoisotopic (exact) mass is 180 g/mol. The van der Waals surface area contributed by atoms with E-state index in [2.05, 4.69) is 4.98 Å². The Morgan fingerprint density at radius 1 is 1.85 bits per heavy atom. The van der Waals surface area contributed by atoms with Crippen molar-refractivity contribution in [1.82, 2.24) is 9.55 Å². The van der Waals surface area contributed by atoms with E-state index in [-0.39, 0.29) is 5.82 Å². The van der Waals surface area contributed by atoms with Crippen LogP contribution in [0.15, 0.2) is 6.20 Å². The van der Waals surface area contributed by atoms with Gasteiger partial charge in [-0.05, 0) is 16.8 Å². The number of rotatable bonds is 2. The molecule has 0 saturated carbocycles. The minimum Gasteiger partial charge on any atom is -0.358 e. The van der Waals surface area contributed by atoms with Gasteiger partial charge in [0, 0.05) is 6.92 Å². The molecule has 13 heavy (non-hydrogen) atoms. The Morgan fingerprint density at radius 3 is 2.85 bits per heavy atom. The number of aryl methyl sites for hydroxylation is 1. The maximum atomic E-state index is 10.3. The van der Waals surface area contributed by atoms with Crippen LogP contribution in [-0.4, -0.2) is 14.5 Å². The fourth-order valence-corrected chi connectivity index (χ4v) is 1.01. The van der Waals surface area contributed by atoms with Gasteiger partial charge in [0.15, 0.2) is 0 Å². The number of hydrogen-bond donors (Lipinski definition) is 0. The zero-order chi connectivity index (χ0) is 10.0. The molecule has 0 N–H and O–H groups in total. The van der Waals surface area contributed by atoms with E-state index in [0.717, 1.165) is 0 Å². The lowest BCUT2D eigenvalue weighted by Gasteiger charge is -2.01. The van der Waals surface area contributed by atoms with Crippen molar-refractivity contribution in [3.05, 3.63) is 22.1 Å². The second-order valence-corrected chi connectivity index (χ2v) is 2.62. The number of nitrogens with zero attached hydrogens (tertiary/aromatic N) is 4. The summed E-state index contributed by atoms with van der Waals surface area (Å²) in [5.41, 5.74) is 0. The van der Waals surface area contributed by atoms with E-state index in [1.807, 2.05) is 6.07 Å². The summed E-state index contributed by atoms with van der Waals surface area (Å²) in [4.78, 5) is 13.4. The fourth-order valence-electron chi connectivity index (χ4n) is 1.01. The molecule has 1 atom stereocenters. The standard InChI is InChI=1S/C7H8N4O2/c1-5(3-8)10-4-7(11(12)13)9-6(10)2/h4-5H,1-2H3. The predicted octanol–water partition coefficient (Wildman–Crippen LogP) is 1.18. The largest absolute Gasteiger partial charge is 0.381 e. The molecule has 1 heterocycles. The SMILES string of the molecule is Cc1nc([N+](=O)[O-])cn1C(C)C#N. The summed E-state index contributed by atoms with van der Waals surface area (Å²) in [7, 11) is 0. The average Bonchev–Trinajstić information content (AvgIpc) is 2.46. The van der Waals surface area contributed by atoms with Crippen molar-refractivity contribution >= 4 is 5.82 Å². The minimum atomic E-state index is -0.576. The van der Waals surface area contributed by atoms with Crippen molar-refractivity contribution in [2.45, 2.75) is 19.9 Å². The van der Waals surface area contributed by atoms with Crippen molar-refractivity contribution in [1.29, 1.82) is 5.26 Å². The molecule has 0 fully saturated rings. The Labute approximate surface area is 74.6 Å². The topological polar surface area (TPSA) is 84.8 Å². The summed E-state index contributed by atoms with van der Waals surface area (Å²) in [6.07, 6.45) is 1.27. The number of hydrogen-bond acceptors (Lipinski definition) is 4. The molecular formula is C7H8N4O2. The van der Waals surface area contributed by atoms with Crippen molar-refractivity contribution in [2.24, 2.45) is 0 Å². The smallest absolute Gasteiger partial charge is 0.358 e. The van der Waals surface area contributed by atoms with Crippen LogP contribution < -0.4 is 0 Å². The molecule has 0 bridgehead atoms. The zero-order valence-corrected chi connectivity index (χ0v) is 7.26. The van der Waals surface area contributed by atoms with Gasteiger partial charge in [0.25, 0.3) is 0 Å². The van der Waals surface area contributed by atoms with Gasteiger partial charge in [0.2, 0.25) is 5.82 Å². The van der Waals surface area contributed by atoms with E-state index >= 15 is 0 Å². The first-order valence-corrected chi connectivity index (χ1v) is 3.65. The summed E-state index contributed by atoms with van der Waals surface area (Å²) in [5, 5.41) is 18.9. The van der Waals surface area contributed by atoms with Crippen LogP contribution in [0.4, 0.5) is 5.82 Å². The summed E-state index contributed by atoms with van der Waals surface area (Å²) in [6, 6.07) is 1.55. The van der Waals surface area contributed by atoms with E-state index in [0.29, 0.717) is 5.82 Å². The molecule has 0 radical (unpaired) electrons. The van der Waals surface area contributed by atoms with Crippen LogP contribution in [0.2, 0.25) is 0 Å². The molecule has 0 aliphatic carbocycles. The first-order valence-electron chi connectivity index (χ1n) is 3.65. The van der Waals surface area contributed by atoms with Gasteiger partial charge in [0.05, 0.1) is 6.07 Å². The quantitative estimate of drug-likeness (QED) is 0.505. The highest BCUT2D eigenvalue weighted by atomic mass is 16.6. The average molecular weight is 180 g/mol. The first-order chi connectivity index (χ1) is 6.06. The van der Waals surface area contributed by atoms with Crippen LogP contribution in [0, 0.1) is 28.4 Å². The Balaban J connectivity index is 3.12. The third-order valence-electron chi connectivity index (χ3n) is 1.70. The normalized spacial score (nSPS) is 12.1. The van der Waals surface area contributed by atoms with Crippen molar-refractivity contribution < 1.29 is 4.92 Å². The van der Waals surface area contributed by atoms with Gasteiger partial charge < -0.3 is 10.1 Å². The summed E-state index contributed by atoms with van der Waals surface area (Å²) in [6.45, 7) is 3.28. The Morgan fingerprint density at radius 2 is 2.46 bits per heavy atom. The fraction of sp³-hybridized carbons (Fsp3) is 0.429. The minimum absolute atomic E-state index is 0.223. The van der Waals surface area contributed by atoms with Crippen LogP contribution in [0.5, 0.6) is 0 Å². The van der Waals surface area contributed by atoms with Crippen molar-refractivity contribution in [2.75, 3.05) is 0 Å². The molecule has 0 aliphatic heterocycles. The highest BCUT2D eigenvalue weighted by Crippen LogP contribution is 2.14. The molecule has 0 saturated heterocycles. The molecule has 68 valence electrons. The molecule has 1 rings (SSSR count). The lowest BCUT2D eigenvalue weighted by atomic mass is 10.4. The number of aromatic nitrogens is 2. The van der Waals surface area contributed by atoms with Crippen LogP contribution >= 0.6 is 0 Å². The zero-order valence-electron chi connectivity index (χ0n) is 7.26. The van der Waals surface area contributed by atoms with Crippen LogP contribution in [0.3, 0.4) is 0 Å². The second-order valence-electron chi connectivity index (χ2n) is 2.62. The molecule has 6 heteroatoms. The molecule has 1 aromatic heterocycles. The predicted molar refractivity (Wildman–Crippen MR) is 43.9 cm³/mol. The number of nitriles is 1. The summed E-state index contributed by atoms with van der Waals surface area (Å²) >= 11 is 0. The maximum Gasteiger partial charge on any atom is 0.381 e. The third kappa shape index (κ3) is 1.64. The van der Waals surface area contributed by atoms with Gasteiger partial charge in [-0.1, -0.05) is 0 Å². The van der Waals surface area contributed by atoms with Gasteiger partial charge in [-0.25, -0.2) is 0 Å². The first kappa shape index (κ1) is 9.19. The van der Waals surface area contributed by atoms with Gasteiger partial charge in [-0.3, -0.25) is 4.57 Å². The third-order valence-corrected chi connectivity index (χ3v) is 1.70. The highest BCUT2D eigenvalue weighted by molar-refractivity contribution is 5.18. The van der Waals surface area contributed by atoms with Crippen molar-refractivity contribution in [3.8, 4) is 6.07 Å². The molecule has 0 aliphatic rings. The van der Waals surface area contributed by atoms with Crippen molar-refractivity contribution in [3.63, 3.8) is 0 Å². The van der Waals surface area contributed by atoms with Crippen LogP contribution in [0.25, 0.3) is 0 Å². The number of nitro groups is 1. The van der Waals surface area contributed by atoms with Gasteiger partial charge in [0.1, 0.15) is 12.2 Å². The van der Waals surface area contributed by atoms with Crippen LogP contribution in [0.1, 0.15) is 18.8 Å². The molecule has 0 spiro atoms. The lowest BCUT2D eigenvalue weighted by molar-refractivity contribution is -0.389. The summed E-state index contributed by atoms with van der Waals surface area (Å²) < 4.78 is 1.47. The van der Waals surface area contributed by atoms with E-state index < -0.39 is 11.0 Å². The molecule has 0 aromatic carbocycles. The van der Waals surface area contributed by atoms with Gasteiger partial charge in [-0.2, -0.15) is 5.26 Å². The molecule has 1 unspecified atom stereocenters. The van der Waals surface area contributed by atoms with E-state index in [4.69, 9.17) is 5.26 Å². The number of imidazole rings is 1. The Kier molecular flexibility index (Phi) is 2.28. The lowest BCUT2D eigenvalue weighted by Crippen LogP contribution is -2.02. The Hall–Kier alpha value is -1.90. The Bertz CT molecular complexity index is 376. The van der Waals surface area contributed by atoms with Crippen LogP contribution in [-0.2, 0) is 0 Å². The van der Waals surface area contributed by atoms with E-state index in [1.54, 1.807) is 13.8 Å². The summed E-state index contributed by atoms with van der Waals surface area (Å²) in [5.74, 6) is 0.250. The van der Waals surface area contributed by atoms with E-state index in [1.165, 1.54) is 10.8 Å². The van der Waals surface area contributed by atoms with E-state index in [9.17, 15) is 10.1 Å². The maximum absolute atomic E-state index is 10.3. The van der Waals surface area contributed by atoms with Gasteiger partial charge in [-0.15, -0.1) is 0 Å². The molecule has 0 amide bonds. The second kappa shape index (κ2) is 3.23. The molecule has 1 aromatic rings. The molecule has 6 nitrogen and oxygen atoms in total. The highest BCUT2D eigenvalue weighted by Gasteiger charge is 2.17. The van der Waals surface area contributed by atoms with Gasteiger partial charge >= 0.3 is 5.82 Å². The molecular weight excluding hydrogens is 172 g/mol.